The van der Waals surface area contributed by atoms with Crippen molar-refractivity contribution in [3.63, 3.8) is 0 Å². The highest BCUT2D eigenvalue weighted by atomic mass is 28.2. The van der Waals surface area contributed by atoms with Crippen molar-refractivity contribution in [2.45, 2.75) is 38.5 Å². The van der Waals surface area contributed by atoms with Crippen LogP contribution in [0.3, 0.4) is 0 Å². The topological polar surface area (TPSA) is 0 Å². The van der Waals surface area contributed by atoms with E-state index in [2.05, 4.69) is 0 Å². The molecule has 0 heterocycles. The molecule has 0 spiro atoms. The van der Waals surface area contributed by atoms with Crippen molar-refractivity contribution in [3.05, 3.63) is 0 Å². The highest BCUT2D eigenvalue weighted by Gasteiger charge is 1.89. The Hall–Kier alpha value is 0.00688. The second-order valence-corrected chi connectivity index (χ2v) is 2.50. The fraction of sp³-hybridized carbons (Fsp3) is 1.00. The zero-order chi connectivity index (χ0) is 9.66. The van der Waals surface area contributed by atoms with Gasteiger partial charge in [0.05, 0.1) is 13.3 Å². The Morgan fingerprint density at radius 2 is 0.833 bits per heavy atom. The first-order chi connectivity index (χ1) is 5.91. The van der Waals surface area contributed by atoms with Crippen LogP contribution in [0.2, 0.25) is 0 Å². The molecule has 0 N–H and O–H groups in total. The van der Waals surface area contributed by atoms with E-state index in [0.717, 1.165) is 25.7 Å². The first-order valence-electron chi connectivity index (χ1n) is 4.41. The number of alkyl halides is 2. The summed E-state index contributed by atoms with van der Waals surface area (Å²) >= 11 is 0. The van der Waals surface area contributed by atoms with E-state index >= 15 is 0 Å². The summed E-state index contributed by atoms with van der Waals surface area (Å²) in [5, 5.41) is 0. The normalized spacial score (nSPS) is 9.25. The van der Waals surface area contributed by atoms with Gasteiger partial charge in [-0.1, -0.05) is 25.7 Å². The van der Waals surface area contributed by atoms with Gasteiger partial charge in [-0.2, -0.15) is 0 Å². The summed E-state index contributed by atoms with van der Waals surface area (Å²) in [6, 6.07) is 0. The van der Waals surface area contributed by atoms with E-state index < -0.39 is 0 Å². The van der Waals surface area contributed by atoms with E-state index in [9.17, 15) is 12.9 Å². The van der Waals surface area contributed by atoms with E-state index in [1.807, 2.05) is 0 Å². The molecule has 0 aliphatic heterocycles. The summed E-state index contributed by atoms with van der Waals surface area (Å²) < 4.78 is 32.7. The molecule has 0 saturated carbocycles. The first kappa shape index (κ1) is 14.5. The third kappa shape index (κ3) is 16.5. The van der Waals surface area contributed by atoms with Gasteiger partial charge in [0.2, 0.25) is 10.6 Å². The summed E-state index contributed by atoms with van der Waals surface area (Å²) in [5.41, 5.74) is 0. The summed E-state index contributed by atoms with van der Waals surface area (Å²) in [6.45, 7) is -0.410. The standard InChI is InChI=1S/C8H16F2.FH3Si/c9-7-5-3-1-2-4-6-8-10;1-2/h1-8H2;2H3. The van der Waals surface area contributed by atoms with E-state index in [1.54, 1.807) is 0 Å². The summed E-state index contributed by atoms with van der Waals surface area (Å²) in [5.74, 6) is 0. The van der Waals surface area contributed by atoms with Gasteiger partial charge in [-0.05, 0) is 12.8 Å². The maximum Gasteiger partial charge on any atom is 0.201 e. The number of unbranched alkanes of at least 4 members (excludes halogenated alkanes) is 5. The molecule has 0 aliphatic carbocycles. The van der Waals surface area contributed by atoms with Crippen LogP contribution in [0, 0.1) is 0 Å². The lowest BCUT2D eigenvalue weighted by atomic mass is 10.1. The van der Waals surface area contributed by atoms with Crippen LogP contribution in [0.15, 0.2) is 0 Å². The molecule has 12 heavy (non-hydrogen) atoms. The molecule has 0 aromatic heterocycles. The maximum atomic E-state index is 11.5. The smallest absolute Gasteiger partial charge is 0.201 e. The van der Waals surface area contributed by atoms with Gasteiger partial charge in [0.1, 0.15) is 0 Å². The van der Waals surface area contributed by atoms with E-state index in [-0.39, 0.29) is 23.9 Å². The van der Waals surface area contributed by atoms with Crippen molar-refractivity contribution < 1.29 is 12.9 Å². The lowest BCUT2D eigenvalue weighted by Crippen LogP contribution is -1.81. The van der Waals surface area contributed by atoms with Gasteiger partial charge < -0.3 is 4.11 Å². The third-order valence-electron chi connectivity index (χ3n) is 1.52. The molecule has 0 rings (SSSR count). The minimum absolute atomic E-state index is 0.194. The highest BCUT2D eigenvalue weighted by molar-refractivity contribution is 5.96. The van der Waals surface area contributed by atoms with Crippen LogP contribution in [-0.2, 0) is 0 Å². The van der Waals surface area contributed by atoms with Gasteiger partial charge in [-0.25, -0.2) is 0 Å². The second kappa shape index (κ2) is 17.2. The van der Waals surface area contributed by atoms with E-state index in [4.69, 9.17) is 0 Å². The Bertz CT molecular complexity index is 54.3. The first-order valence-corrected chi connectivity index (χ1v) is 5.17. The number of rotatable bonds is 7. The predicted molar refractivity (Wildman–Crippen MR) is 50.7 cm³/mol. The highest BCUT2D eigenvalue weighted by Crippen LogP contribution is 2.05. The second-order valence-electron chi connectivity index (χ2n) is 2.50. The maximum absolute atomic E-state index is 11.5. The van der Waals surface area contributed by atoms with Gasteiger partial charge in [-0.3, -0.25) is 8.78 Å². The molecule has 76 valence electrons. The molecule has 0 bridgehead atoms. The average molecular weight is 200 g/mol. The summed E-state index contributed by atoms with van der Waals surface area (Å²) in [4.78, 5) is 0. The minimum atomic E-state index is -0.205. The van der Waals surface area contributed by atoms with Crippen molar-refractivity contribution in [2.75, 3.05) is 13.3 Å². The number of hydrogen-bond acceptors (Lipinski definition) is 0. The van der Waals surface area contributed by atoms with Crippen molar-refractivity contribution in [1.29, 1.82) is 0 Å². The van der Waals surface area contributed by atoms with Gasteiger partial charge in [-0.15, -0.1) is 0 Å². The zero-order valence-electron chi connectivity index (χ0n) is 7.79. The molecule has 0 nitrogen and oxygen atoms in total. The Morgan fingerprint density at radius 1 is 0.583 bits per heavy atom. The SMILES string of the molecule is FCCCCCCCCF.F[SiH3]. The van der Waals surface area contributed by atoms with Gasteiger partial charge in [0.25, 0.3) is 0 Å². The quantitative estimate of drug-likeness (QED) is 0.336. The molecule has 0 unspecified atom stereocenters. The Balaban J connectivity index is 0. The number of halogens is 3. The van der Waals surface area contributed by atoms with Crippen molar-refractivity contribution in [2.24, 2.45) is 0 Å². The molecule has 0 fully saturated rings. The minimum Gasteiger partial charge on any atom is -0.327 e. The largest absolute Gasteiger partial charge is 0.327 e. The molecule has 0 aliphatic rings. The molecular weight excluding hydrogens is 181 g/mol. The molecule has 4 heteroatoms. The zero-order valence-corrected chi connectivity index (χ0v) is 9.79. The molecule has 0 amide bonds. The lowest BCUT2D eigenvalue weighted by Gasteiger charge is -1.96. The van der Waals surface area contributed by atoms with E-state index in [1.165, 1.54) is 0 Å². The molecule has 0 saturated heterocycles. The van der Waals surface area contributed by atoms with Crippen LogP contribution < -0.4 is 0 Å². The van der Waals surface area contributed by atoms with E-state index in [0.29, 0.717) is 12.8 Å². The molecule has 0 aromatic carbocycles. The fourth-order valence-electron chi connectivity index (χ4n) is 0.896. The van der Waals surface area contributed by atoms with Crippen LogP contribution in [0.1, 0.15) is 38.5 Å². The monoisotopic (exact) mass is 200 g/mol. The predicted octanol–water partition coefficient (Wildman–Crippen LogP) is 2.50. The Morgan fingerprint density at radius 3 is 1.08 bits per heavy atom. The summed E-state index contributed by atoms with van der Waals surface area (Å²) in [7, 11) is -0.194. The van der Waals surface area contributed by atoms with Crippen LogP contribution in [0.4, 0.5) is 12.9 Å². The average Bonchev–Trinajstić information content (AvgIpc) is 2.15. The number of hydrogen-bond donors (Lipinski definition) is 0. The van der Waals surface area contributed by atoms with Crippen LogP contribution in [0.25, 0.3) is 0 Å². The van der Waals surface area contributed by atoms with Crippen molar-refractivity contribution in [3.8, 4) is 0 Å². The Kier molecular flexibility index (Phi) is 20.8. The van der Waals surface area contributed by atoms with Crippen LogP contribution in [0.5, 0.6) is 0 Å². The van der Waals surface area contributed by atoms with Gasteiger partial charge in [0, 0.05) is 0 Å². The summed E-state index contributed by atoms with van der Waals surface area (Å²) in [6.07, 6.45) is 5.39. The Labute approximate surface area is 76.1 Å². The molecule has 0 aromatic rings. The van der Waals surface area contributed by atoms with Gasteiger partial charge >= 0.3 is 0 Å². The van der Waals surface area contributed by atoms with Crippen LogP contribution >= 0.6 is 0 Å². The van der Waals surface area contributed by atoms with Crippen LogP contribution in [-0.4, -0.2) is 23.9 Å². The third-order valence-corrected chi connectivity index (χ3v) is 1.52. The molecule has 0 radical (unpaired) electrons. The lowest BCUT2D eigenvalue weighted by molar-refractivity contribution is 0.433. The molecule has 0 atom stereocenters. The van der Waals surface area contributed by atoms with Crippen molar-refractivity contribution in [1.82, 2.24) is 0 Å². The van der Waals surface area contributed by atoms with Gasteiger partial charge in [0.15, 0.2) is 0 Å². The molecular formula is C8H19F3Si. The van der Waals surface area contributed by atoms with Crippen molar-refractivity contribution >= 4 is 10.6 Å². The fourth-order valence-corrected chi connectivity index (χ4v) is 0.896.